The Hall–Kier alpha value is -3.08. The summed E-state index contributed by atoms with van der Waals surface area (Å²) in [5, 5.41) is 2.75. The van der Waals surface area contributed by atoms with E-state index >= 15 is 0 Å². The first kappa shape index (κ1) is 19.2. The van der Waals surface area contributed by atoms with E-state index in [0.29, 0.717) is 17.9 Å². The molecule has 0 radical (unpaired) electrons. The highest BCUT2D eigenvalue weighted by atomic mass is 16.5. The van der Waals surface area contributed by atoms with Gasteiger partial charge in [-0.3, -0.25) is 4.79 Å². The molecule has 0 heterocycles. The van der Waals surface area contributed by atoms with Crippen LogP contribution in [0.2, 0.25) is 0 Å². The first-order valence-corrected chi connectivity index (χ1v) is 8.51. The van der Waals surface area contributed by atoms with Crippen LogP contribution < -0.4 is 10.1 Å². The summed E-state index contributed by atoms with van der Waals surface area (Å²) < 4.78 is 10.6. The maximum absolute atomic E-state index is 12.0. The lowest BCUT2D eigenvalue weighted by Gasteiger charge is -2.09. The highest BCUT2D eigenvalue weighted by Crippen LogP contribution is 2.16. The maximum atomic E-state index is 12.0. The highest BCUT2D eigenvalue weighted by molar-refractivity contribution is 6.02. The second kappa shape index (κ2) is 9.42. The lowest BCUT2D eigenvalue weighted by atomic mass is 10.2. The molecule has 0 spiro atoms. The van der Waals surface area contributed by atoms with E-state index in [1.807, 2.05) is 38.1 Å². The van der Waals surface area contributed by atoms with Crippen molar-refractivity contribution in [3.63, 3.8) is 0 Å². The summed E-state index contributed by atoms with van der Waals surface area (Å²) in [5.74, 6) is 0.120. The normalized spacial score (nSPS) is 10.8. The second-order valence-electron chi connectivity index (χ2n) is 5.86. The van der Waals surface area contributed by atoms with Gasteiger partial charge in [0.25, 0.3) is 0 Å². The number of hydrogen-bond donors (Lipinski definition) is 1. The standard InChI is InChI=1S/C21H23NO4/c1-4-25-21(24)17-9-11-18(12-10-17)22-20(23)13-8-16-6-5-7-19(14-16)26-15(2)3/h5-15H,4H2,1-3H3,(H,22,23)/b13-8+. The van der Waals surface area contributed by atoms with E-state index in [-0.39, 0.29) is 18.0 Å². The third-order valence-corrected chi connectivity index (χ3v) is 3.32. The van der Waals surface area contributed by atoms with Crippen LogP contribution in [-0.2, 0) is 9.53 Å². The zero-order valence-corrected chi connectivity index (χ0v) is 15.2. The molecule has 2 aromatic rings. The molecule has 0 saturated carbocycles. The lowest BCUT2D eigenvalue weighted by Crippen LogP contribution is -2.09. The number of benzene rings is 2. The molecule has 26 heavy (non-hydrogen) atoms. The molecule has 5 nitrogen and oxygen atoms in total. The molecule has 2 aromatic carbocycles. The van der Waals surface area contributed by atoms with Crippen LogP contribution in [0.15, 0.2) is 54.6 Å². The number of carbonyl (C=O) groups excluding carboxylic acids is 2. The Morgan fingerprint density at radius 2 is 1.85 bits per heavy atom. The Balaban J connectivity index is 1.96. The van der Waals surface area contributed by atoms with Crippen molar-refractivity contribution in [2.75, 3.05) is 11.9 Å². The maximum Gasteiger partial charge on any atom is 0.338 e. The van der Waals surface area contributed by atoms with Crippen molar-refractivity contribution in [3.8, 4) is 5.75 Å². The van der Waals surface area contributed by atoms with E-state index in [2.05, 4.69) is 5.32 Å². The van der Waals surface area contributed by atoms with Crippen molar-refractivity contribution >= 4 is 23.6 Å². The first-order chi connectivity index (χ1) is 12.5. The topological polar surface area (TPSA) is 64.6 Å². The molecule has 0 bridgehead atoms. The molecule has 0 unspecified atom stereocenters. The van der Waals surface area contributed by atoms with Gasteiger partial charge in [0.1, 0.15) is 5.75 Å². The van der Waals surface area contributed by atoms with Crippen LogP contribution in [-0.4, -0.2) is 24.6 Å². The monoisotopic (exact) mass is 353 g/mol. The fourth-order valence-corrected chi connectivity index (χ4v) is 2.22. The number of ether oxygens (including phenoxy) is 2. The van der Waals surface area contributed by atoms with Crippen molar-refractivity contribution in [1.29, 1.82) is 0 Å². The second-order valence-corrected chi connectivity index (χ2v) is 5.86. The van der Waals surface area contributed by atoms with E-state index in [0.717, 1.165) is 11.3 Å². The zero-order valence-electron chi connectivity index (χ0n) is 15.2. The predicted molar refractivity (Wildman–Crippen MR) is 102 cm³/mol. The number of anilines is 1. The number of rotatable bonds is 7. The number of hydrogen-bond acceptors (Lipinski definition) is 4. The van der Waals surface area contributed by atoms with E-state index in [1.54, 1.807) is 37.3 Å². The zero-order chi connectivity index (χ0) is 18.9. The Kier molecular flexibility index (Phi) is 6.97. The van der Waals surface area contributed by atoms with Gasteiger partial charge >= 0.3 is 5.97 Å². The van der Waals surface area contributed by atoms with Gasteiger partial charge < -0.3 is 14.8 Å². The molecule has 5 heteroatoms. The average molecular weight is 353 g/mol. The highest BCUT2D eigenvalue weighted by Gasteiger charge is 2.06. The van der Waals surface area contributed by atoms with Gasteiger partial charge in [0.05, 0.1) is 18.3 Å². The minimum Gasteiger partial charge on any atom is -0.491 e. The third kappa shape index (κ3) is 6.09. The molecule has 0 aliphatic rings. The van der Waals surface area contributed by atoms with E-state index < -0.39 is 0 Å². The molecule has 0 saturated heterocycles. The van der Waals surface area contributed by atoms with Crippen molar-refractivity contribution in [2.24, 2.45) is 0 Å². The summed E-state index contributed by atoms with van der Waals surface area (Å²) in [6.07, 6.45) is 3.26. The van der Waals surface area contributed by atoms with E-state index in [9.17, 15) is 9.59 Å². The van der Waals surface area contributed by atoms with Gasteiger partial charge in [0, 0.05) is 11.8 Å². The minimum atomic E-state index is -0.381. The fourth-order valence-electron chi connectivity index (χ4n) is 2.22. The Bertz CT molecular complexity index is 779. The van der Waals surface area contributed by atoms with Crippen molar-refractivity contribution in [1.82, 2.24) is 0 Å². The third-order valence-electron chi connectivity index (χ3n) is 3.32. The number of nitrogens with one attached hydrogen (secondary N) is 1. The van der Waals surface area contributed by atoms with E-state index in [4.69, 9.17) is 9.47 Å². The van der Waals surface area contributed by atoms with E-state index in [1.165, 1.54) is 6.08 Å². The summed E-state index contributed by atoms with van der Waals surface area (Å²) in [6.45, 7) is 6.00. The lowest BCUT2D eigenvalue weighted by molar-refractivity contribution is -0.111. The molecule has 136 valence electrons. The Labute approximate surface area is 153 Å². The molecule has 0 aromatic heterocycles. The number of amides is 1. The van der Waals surface area contributed by atoms with Crippen LogP contribution in [0, 0.1) is 0 Å². The molecular weight excluding hydrogens is 330 g/mol. The SMILES string of the molecule is CCOC(=O)c1ccc(NC(=O)/C=C/c2cccc(OC(C)C)c2)cc1. The van der Waals surface area contributed by atoms with Crippen LogP contribution >= 0.6 is 0 Å². The van der Waals surface area contributed by atoms with Gasteiger partial charge in [-0.1, -0.05) is 12.1 Å². The van der Waals surface area contributed by atoms with Gasteiger partial charge in [-0.2, -0.15) is 0 Å². The van der Waals surface area contributed by atoms with Crippen molar-refractivity contribution < 1.29 is 19.1 Å². The van der Waals surface area contributed by atoms with Gasteiger partial charge in [-0.25, -0.2) is 4.79 Å². The van der Waals surface area contributed by atoms with Crippen LogP contribution in [0.25, 0.3) is 6.08 Å². The summed E-state index contributed by atoms with van der Waals surface area (Å²) in [6, 6.07) is 14.1. The van der Waals surface area contributed by atoms with Crippen molar-refractivity contribution in [3.05, 3.63) is 65.7 Å². The van der Waals surface area contributed by atoms with Crippen LogP contribution in [0.3, 0.4) is 0 Å². The summed E-state index contributed by atoms with van der Waals surface area (Å²) in [5.41, 5.74) is 1.92. The average Bonchev–Trinajstić information content (AvgIpc) is 2.60. The molecule has 2 rings (SSSR count). The molecule has 0 aliphatic heterocycles. The molecule has 0 aliphatic carbocycles. The summed E-state index contributed by atoms with van der Waals surface area (Å²) >= 11 is 0. The van der Waals surface area contributed by atoms with Crippen LogP contribution in [0.5, 0.6) is 5.75 Å². The fraction of sp³-hybridized carbons (Fsp3) is 0.238. The predicted octanol–water partition coefficient (Wildman–Crippen LogP) is 4.30. The summed E-state index contributed by atoms with van der Waals surface area (Å²) in [7, 11) is 0. The van der Waals surface area contributed by atoms with Crippen LogP contribution in [0.1, 0.15) is 36.7 Å². The minimum absolute atomic E-state index is 0.0927. The van der Waals surface area contributed by atoms with Gasteiger partial charge in [0.2, 0.25) is 5.91 Å². The Morgan fingerprint density at radius 3 is 2.50 bits per heavy atom. The summed E-state index contributed by atoms with van der Waals surface area (Å²) in [4.78, 5) is 23.6. The van der Waals surface area contributed by atoms with Gasteiger partial charge in [-0.15, -0.1) is 0 Å². The Morgan fingerprint density at radius 1 is 1.12 bits per heavy atom. The van der Waals surface area contributed by atoms with Crippen LogP contribution in [0.4, 0.5) is 5.69 Å². The molecule has 1 N–H and O–H groups in total. The smallest absolute Gasteiger partial charge is 0.338 e. The first-order valence-electron chi connectivity index (χ1n) is 8.51. The van der Waals surface area contributed by atoms with Gasteiger partial charge in [0.15, 0.2) is 0 Å². The molecule has 1 amide bonds. The molecule has 0 atom stereocenters. The van der Waals surface area contributed by atoms with Gasteiger partial charge in [-0.05, 0) is 68.8 Å². The largest absolute Gasteiger partial charge is 0.491 e. The van der Waals surface area contributed by atoms with Crippen molar-refractivity contribution in [2.45, 2.75) is 26.9 Å². The number of esters is 1. The number of carbonyl (C=O) groups is 2. The molecule has 0 fully saturated rings. The quantitative estimate of drug-likeness (QED) is 0.595. The molecular formula is C21H23NO4.